The molecule has 2 aromatic rings. The monoisotopic (exact) mass is 307 g/mol. The van der Waals surface area contributed by atoms with E-state index in [1.54, 1.807) is 0 Å². The van der Waals surface area contributed by atoms with Gasteiger partial charge in [0.15, 0.2) is 0 Å². The Kier molecular flexibility index (Phi) is 4.42. The van der Waals surface area contributed by atoms with Crippen LogP contribution in [0.3, 0.4) is 0 Å². The van der Waals surface area contributed by atoms with Crippen molar-refractivity contribution in [2.24, 2.45) is 0 Å². The molecule has 18 heavy (non-hydrogen) atoms. The molecule has 0 bridgehead atoms. The Morgan fingerprint density at radius 3 is 2.83 bits per heavy atom. The number of aryl methyl sites for hydroxylation is 3. The van der Waals surface area contributed by atoms with Gasteiger partial charge < -0.3 is 9.88 Å². The second-order valence-electron chi connectivity index (χ2n) is 4.52. The van der Waals surface area contributed by atoms with Crippen LogP contribution < -0.4 is 5.32 Å². The molecule has 1 aromatic heterocycles. The SMILES string of the molecule is Cc1cc(C)c(NCCCn2ccnc2)c(Br)c1. The Bertz CT molecular complexity index is 483. The molecule has 0 aliphatic rings. The Labute approximate surface area is 116 Å². The van der Waals surface area contributed by atoms with Gasteiger partial charge in [-0.1, -0.05) is 6.07 Å². The van der Waals surface area contributed by atoms with Crippen LogP contribution in [0.15, 0.2) is 35.3 Å². The zero-order chi connectivity index (χ0) is 13.0. The highest BCUT2D eigenvalue weighted by Crippen LogP contribution is 2.27. The summed E-state index contributed by atoms with van der Waals surface area (Å²) < 4.78 is 3.24. The molecule has 0 aliphatic heterocycles. The summed E-state index contributed by atoms with van der Waals surface area (Å²) in [4.78, 5) is 4.03. The van der Waals surface area contributed by atoms with Crippen molar-refractivity contribution >= 4 is 21.6 Å². The molecule has 0 saturated heterocycles. The molecule has 0 radical (unpaired) electrons. The third kappa shape index (κ3) is 3.35. The van der Waals surface area contributed by atoms with E-state index in [1.807, 2.05) is 18.7 Å². The van der Waals surface area contributed by atoms with E-state index >= 15 is 0 Å². The summed E-state index contributed by atoms with van der Waals surface area (Å²) in [6, 6.07) is 4.34. The van der Waals surface area contributed by atoms with E-state index in [0.717, 1.165) is 24.0 Å². The van der Waals surface area contributed by atoms with Crippen LogP contribution >= 0.6 is 15.9 Å². The van der Waals surface area contributed by atoms with Crippen molar-refractivity contribution in [2.45, 2.75) is 26.8 Å². The molecule has 0 unspecified atom stereocenters. The third-order valence-corrected chi connectivity index (χ3v) is 3.51. The normalized spacial score (nSPS) is 10.6. The molecule has 0 aliphatic carbocycles. The van der Waals surface area contributed by atoms with Crippen molar-refractivity contribution in [1.29, 1.82) is 0 Å². The summed E-state index contributed by atoms with van der Waals surface area (Å²) in [5.41, 5.74) is 3.76. The number of benzene rings is 1. The van der Waals surface area contributed by atoms with E-state index in [9.17, 15) is 0 Å². The maximum atomic E-state index is 4.03. The highest BCUT2D eigenvalue weighted by molar-refractivity contribution is 9.10. The number of hydrogen-bond acceptors (Lipinski definition) is 2. The summed E-state index contributed by atoms with van der Waals surface area (Å²) in [6.07, 6.45) is 6.74. The Hall–Kier alpha value is -1.29. The fourth-order valence-electron chi connectivity index (χ4n) is 2.03. The lowest BCUT2D eigenvalue weighted by atomic mass is 10.1. The summed E-state index contributed by atoms with van der Waals surface area (Å²) in [5.74, 6) is 0. The molecule has 3 nitrogen and oxygen atoms in total. The first-order valence-electron chi connectivity index (χ1n) is 6.13. The van der Waals surface area contributed by atoms with Crippen molar-refractivity contribution in [3.8, 4) is 0 Å². The number of hydrogen-bond donors (Lipinski definition) is 1. The number of anilines is 1. The van der Waals surface area contributed by atoms with Crippen LogP contribution in [-0.4, -0.2) is 16.1 Å². The van der Waals surface area contributed by atoms with Crippen molar-refractivity contribution in [2.75, 3.05) is 11.9 Å². The lowest BCUT2D eigenvalue weighted by molar-refractivity contribution is 0.660. The van der Waals surface area contributed by atoms with E-state index in [2.05, 4.69) is 56.8 Å². The van der Waals surface area contributed by atoms with Crippen molar-refractivity contribution < 1.29 is 0 Å². The molecule has 1 heterocycles. The Morgan fingerprint density at radius 2 is 2.17 bits per heavy atom. The lowest BCUT2D eigenvalue weighted by Crippen LogP contribution is -2.07. The number of nitrogens with zero attached hydrogens (tertiary/aromatic N) is 2. The first-order chi connectivity index (χ1) is 8.66. The Morgan fingerprint density at radius 1 is 1.33 bits per heavy atom. The third-order valence-electron chi connectivity index (χ3n) is 2.89. The zero-order valence-corrected chi connectivity index (χ0v) is 12.4. The van der Waals surface area contributed by atoms with Crippen molar-refractivity contribution in [3.05, 3.63) is 46.5 Å². The van der Waals surface area contributed by atoms with Crippen LogP contribution in [-0.2, 0) is 6.54 Å². The molecule has 1 N–H and O–H groups in total. The van der Waals surface area contributed by atoms with Gasteiger partial charge in [-0.3, -0.25) is 0 Å². The molecule has 1 aromatic carbocycles. The van der Waals surface area contributed by atoms with Crippen LogP contribution in [0, 0.1) is 13.8 Å². The minimum absolute atomic E-state index is 0.959. The molecular weight excluding hydrogens is 290 g/mol. The molecule has 0 fully saturated rings. The van der Waals surface area contributed by atoms with Crippen LogP contribution in [0.5, 0.6) is 0 Å². The second-order valence-corrected chi connectivity index (χ2v) is 5.37. The fourth-order valence-corrected chi connectivity index (χ4v) is 2.85. The number of aromatic nitrogens is 2. The Balaban J connectivity index is 1.87. The average Bonchev–Trinajstić information content (AvgIpc) is 2.79. The maximum Gasteiger partial charge on any atom is 0.0945 e. The quantitative estimate of drug-likeness (QED) is 0.852. The van der Waals surface area contributed by atoms with Gasteiger partial charge in [0, 0.05) is 30.0 Å². The molecule has 0 saturated carbocycles. The van der Waals surface area contributed by atoms with Gasteiger partial charge >= 0.3 is 0 Å². The van der Waals surface area contributed by atoms with Crippen LogP contribution in [0.4, 0.5) is 5.69 Å². The van der Waals surface area contributed by atoms with Crippen LogP contribution in [0.2, 0.25) is 0 Å². The fraction of sp³-hybridized carbons (Fsp3) is 0.357. The van der Waals surface area contributed by atoms with E-state index in [0.29, 0.717) is 0 Å². The summed E-state index contributed by atoms with van der Waals surface area (Å²) in [5, 5.41) is 3.49. The highest BCUT2D eigenvalue weighted by atomic mass is 79.9. The van der Waals surface area contributed by atoms with Gasteiger partial charge in [-0.15, -0.1) is 0 Å². The van der Waals surface area contributed by atoms with Crippen LogP contribution in [0.1, 0.15) is 17.5 Å². The first kappa shape index (κ1) is 13.1. The molecule has 0 spiro atoms. The number of nitrogens with one attached hydrogen (secondary N) is 1. The predicted octanol–water partition coefficient (Wildman–Crippen LogP) is 3.76. The maximum absolute atomic E-state index is 4.03. The van der Waals surface area contributed by atoms with E-state index in [4.69, 9.17) is 0 Å². The van der Waals surface area contributed by atoms with Gasteiger partial charge in [0.05, 0.1) is 12.0 Å². The predicted molar refractivity (Wildman–Crippen MR) is 78.9 cm³/mol. The van der Waals surface area contributed by atoms with Crippen molar-refractivity contribution in [1.82, 2.24) is 9.55 Å². The molecular formula is C14H18BrN3. The van der Waals surface area contributed by atoms with E-state index in [-0.39, 0.29) is 0 Å². The molecule has 96 valence electrons. The average molecular weight is 308 g/mol. The first-order valence-corrected chi connectivity index (χ1v) is 6.92. The molecule has 0 atom stereocenters. The van der Waals surface area contributed by atoms with Gasteiger partial charge in [0.25, 0.3) is 0 Å². The summed E-state index contributed by atoms with van der Waals surface area (Å²) in [7, 11) is 0. The summed E-state index contributed by atoms with van der Waals surface area (Å²) in [6.45, 7) is 6.20. The van der Waals surface area contributed by atoms with Crippen LogP contribution in [0.25, 0.3) is 0 Å². The van der Waals surface area contributed by atoms with Gasteiger partial charge in [-0.25, -0.2) is 4.98 Å². The number of imidazole rings is 1. The summed E-state index contributed by atoms with van der Waals surface area (Å²) >= 11 is 3.61. The topological polar surface area (TPSA) is 29.9 Å². The van der Waals surface area contributed by atoms with E-state index < -0.39 is 0 Å². The lowest BCUT2D eigenvalue weighted by Gasteiger charge is -2.13. The minimum Gasteiger partial charge on any atom is -0.384 e. The number of rotatable bonds is 5. The van der Waals surface area contributed by atoms with E-state index in [1.165, 1.54) is 16.8 Å². The zero-order valence-electron chi connectivity index (χ0n) is 10.8. The van der Waals surface area contributed by atoms with Gasteiger partial charge in [-0.2, -0.15) is 0 Å². The molecule has 4 heteroatoms. The minimum atomic E-state index is 0.959. The second kappa shape index (κ2) is 6.05. The largest absolute Gasteiger partial charge is 0.384 e. The highest BCUT2D eigenvalue weighted by Gasteiger charge is 2.03. The number of halogens is 1. The van der Waals surface area contributed by atoms with Gasteiger partial charge in [0.2, 0.25) is 0 Å². The van der Waals surface area contributed by atoms with Gasteiger partial charge in [0.1, 0.15) is 0 Å². The standard InChI is InChI=1S/C14H18BrN3/c1-11-8-12(2)14(13(15)9-11)17-4-3-6-18-7-5-16-10-18/h5,7-10,17H,3-4,6H2,1-2H3. The van der Waals surface area contributed by atoms with Gasteiger partial charge in [-0.05, 0) is 53.4 Å². The smallest absolute Gasteiger partial charge is 0.0945 e. The van der Waals surface area contributed by atoms with Crippen molar-refractivity contribution in [3.63, 3.8) is 0 Å². The molecule has 0 amide bonds. The molecule has 2 rings (SSSR count).